The largest absolute Gasteiger partial charge is 0.285 e. The molecule has 1 heterocycles. The van der Waals surface area contributed by atoms with E-state index in [1.54, 1.807) is 16.8 Å². The Labute approximate surface area is 89.9 Å². The Kier molecular flexibility index (Phi) is 3.86. The van der Waals surface area contributed by atoms with E-state index >= 15 is 0 Å². The first kappa shape index (κ1) is 11.2. The van der Waals surface area contributed by atoms with Crippen LogP contribution < -0.4 is 5.56 Å². The van der Waals surface area contributed by atoms with Gasteiger partial charge in [-0.15, -0.1) is 0 Å². The van der Waals surface area contributed by atoms with Gasteiger partial charge >= 0.3 is 0 Å². The summed E-state index contributed by atoms with van der Waals surface area (Å²) < 4.78 is 1.60. The second-order valence-electron chi connectivity index (χ2n) is 3.30. The quantitative estimate of drug-likeness (QED) is 0.689. The van der Waals surface area contributed by atoms with Crippen LogP contribution in [0.4, 0.5) is 0 Å². The minimum Gasteiger partial charge on any atom is -0.285 e. The molecule has 0 spiro atoms. The lowest BCUT2D eigenvalue weighted by Crippen LogP contribution is -2.15. The maximum absolute atomic E-state index is 11.5. The standard InChI is InChI=1S/C13H15NO/c1-4-12(9-8-11(2)3)14-10-6-5-7-13(14)15/h4-10H,2H2,1,3H3/b9-8-,12-4+. The third kappa shape index (κ3) is 3.09. The average molecular weight is 201 g/mol. The third-order valence-electron chi connectivity index (χ3n) is 1.94. The van der Waals surface area contributed by atoms with Gasteiger partial charge in [0, 0.05) is 18.0 Å². The third-order valence-corrected chi connectivity index (χ3v) is 1.94. The predicted molar refractivity (Wildman–Crippen MR) is 64.6 cm³/mol. The molecule has 0 fully saturated rings. The Morgan fingerprint density at radius 1 is 1.40 bits per heavy atom. The fraction of sp³-hybridized carbons (Fsp3) is 0.154. The topological polar surface area (TPSA) is 22.0 Å². The van der Waals surface area contributed by atoms with Crippen molar-refractivity contribution in [3.05, 3.63) is 65.1 Å². The van der Waals surface area contributed by atoms with E-state index in [9.17, 15) is 4.79 Å². The van der Waals surface area contributed by atoms with E-state index in [1.165, 1.54) is 6.07 Å². The molecule has 1 aromatic heterocycles. The molecular formula is C13H15NO. The van der Waals surface area contributed by atoms with Crippen LogP contribution >= 0.6 is 0 Å². The number of aromatic nitrogens is 1. The molecule has 0 unspecified atom stereocenters. The molecule has 0 aliphatic carbocycles. The van der Waals surface area contributed by atoms with Crippen LogP contribution in [0.3, 0.4) is 0 Å². The smallest absolute Gasteiger partial charge is 0.255 e. The number of hydrogen-bond donors (Lipinski definition) is 0. The Hall–Kier alpha value is -1.83. The van der Waals surface area contributed by atoms with Gasteiger partial charge in [0.05, 0.1) is 0 Å². The van der Waals surface area contributed by atoms with E-state index in [2.05, 4.69) is 6.58 Å². The van der Waals surface area contributed by atoms with Crippen molar-refractivity contribution in [3.8, 4) is 0 Å². The number of nitrogens with zero attached hydrogens (tertiary/aromatic N) is 1. The van der Waals surface area contributed by atoms with Crippen LogP contribution in [0, 0.1) is 0 Å². The zero-order chi connectivity index (χ0) is 11.3. The SMILES string of the molecule is C=C(C)/C=C\C(=C/C)n1ccccc1=O. The summed E-state index contributed by atoms with van der Waals surface area (Å²) in [4.78, 5) is 11.5. The molecule has 1 aromatic rings. The lowest BCUT2D eigenvalue weighted by atomic mass is 10.2. The molecule has 2 nitrogen and oxygen atoms in total. The molecule has 0 saturated heterocycles. The Morgan fingerprint density at radius 2 is 2.13 bits per heavy atom. The zero-order valence-corrected chi connectivity index (χ0v) is 9.10. The van der Waals surface area contributed by atoms with Crippen molar-refractivity contribution in [2.45, 2.75) is 13.8 Å². The molecule has 0 radical (unpaired) electrons. The van der Waals surface area contributed by atoms with Gasteiger partial charge in [-0.25, -0.2) is 0 Å². The average Bonchev–Trinajstić information content (AvgIpc) is 2.21. The van der Waals surface area contributed by atoms with Crippen molar-refractivity contribution < 1.29 is 0 Å². The van der Waals surface area contributed by atoms with Gasteiger partial charge in [0.15, 0.2) is 0 Å². The van der Waals surface area contributed by atoms with E-state index in [0.29, 0.717) is 0 Å². The minimum absolute atomic E-state index is 0.0306. The molecule has 0 N–H and O–H groups in total. The molecule has 0 bridgehead atoms. The summed E-state index contributed by atoms with van der Waals surface area (Å²) in [5, 5.41) is 0. The van der Waals surface area contributed by atoms with Crippen molar-refractivity contribution in [2.24, 2.45) is 0 Å². The van der Waals surface area contributed by atoms with Crippen molar-refractivity contribution in [3.63, 3.8) is 0 Å². The van der Waals surface area contributed by atoms with Gasteiger partial charge in [-0.2, -0.15) is 0 Å². The van der Waals surface area contributed by atoms with Crippen LogP contribution in [0.2, 0.25) is 0 Å². The molecule has 0 saturated carbocycles. The molecule has 0 aliphatic heterocycles. The zero-order valence-electron chi connectivity index (χ0n) is 9.10. The first-order valence-electron chi connectivity index (χ1n) is 4.83. The summed E-state index contributed by atoms with van der Waals surface area (Å²) in [5.74, 6) is 0. The van der Waals surface area contributed by atoms with Crippen LogP contribution in [0.25, 0.3) is 5.70 Å². The fourth-order valence-electron chi connectivity index (χ4n) is 1.18. The van der Waals surface area contributed by atoms with E-state index in [-0.39, 0.29) is 5.56 Å². The monoisotopic (exact) mass is 201 g/mol. The first-order chi connectivity index (χ1) is 7.15. The summed E-state index contributed by atoms with van der Waals surface area (Å²) >= 11 is 0. The number of hydrogen-bond acceptors (Lipinski definition) is 1. The molecule has 2 heteroatoms. The molecule has 0 aliphatic rings. The highest BCUT2D eigenvalue weighted by Gasteiger charge is 1.96. The number of rotatable bonds is 3. The molecular weight excluding hydrogens is 186 g/mol. The highest BCUT2D eigenvalue weighted by atomic mass is 16.1. The fourth-order valence-corrected chi connectivity index (χ4v) is 1.18. The van der Waals surface area contributed by atoms with Gasteiger partial charge in [0.2, 0.25) is 0 Å². The summed E-state index contributed by atoms with van der Waals surface area (Å²) in [6.07, 6.45) is 7.40. The van der Waals surface area contributed by atoms with Crippen molar-refractivity contribution in [1.82, 2.24) is 4.57 Å². The van der Waals surface area contributed by atoms with Crippen LogP contribution in [0.1, 0.15) is 13.8 Å². The molecule has 0 atom stereocenters. The summed E-state index contributed by atoms with van der Waals surface area (Å²) in [7, 11) is 0. The summed E-state index contributed by atoms with van der Waals surface area (Å²) in [5.41, 5.74) is 1.78. The Morgan fingerprint density at radius 3 is 2.67 bits per heavy atom. The van der Waals surface area contributed by atoms with E-state index in [4.69, 9.17) is 0 Å². The predicted octanol–water partition coefficient (Wildman–Crippen LogP) is 2.84. The molecule has 15 heavy (non-hydrogen) atoms. The van der Waals surface area contributed by atoms with E-state index < -0.39 is 0 Å². The summed E-state index contributed by atoms with van der Waals surface area (Å²) in [6.45, 7) is 7.59. The lowest BCUT2D eigenvalue weighted by Gasteiger charge is -2.04. The highest BCUT2D eigenvalue weighted by Crippen LogP contribution is 2.04. The van der Waals surface area contributed by atoms with Gasteiger partial charge in [0.25, 0.3) is 5.56 Å². The molecule has 0 aromatic carbocycles. The van der Waals surface area contributed by atoms with Crippen molar-refractivity contribution >= 4 is 5.70 Å². The molecule has 0 amide bonds. The number of allylic oxidation sites excluding steroid dienone is 5. The first-order valence-corrected chi connectivity index (χ1v) is 4.83. The van der Waals surface area contributed by atoms with Crippen LogP contribution in [0.5, 0.6) is 0 Å². The van der Waals surface area contributed by atoms with E-state index in [0.717, 1.165) is 11.3 Å². The molecule has 78 valence electrons. The summed E-state index contributed by atoms with van der Waals surface area (Å²) in [6, 6.07) is 5.10. The van der Waals surface area contributed by atoms with Gasteiger partial charge in [-0.05, 0) is 26.0 Å². The van der Waals surface area contributed by atoms with Gasteiger partial charge < -0.3 is 0 Å². The normalized spacial score (nSPS) is 12.0. The molecule has 1 rings (SSSR count). The van der Waals surface area contributed by atoms with Crippen LogP contribution in [-0.4, -0.2) is 4.57 Å². The van der Waals surface area contributed by atoms with Gasteiger partial charge in [-0.1, -0.05) is 30.4 Å². The Balaban J connectivity index is 3.11. The Bertz CT molecular complexity index is 463. The lowest BCUT2D eigenvalue weighted by molar-refractivity contribution is 1.02. The van der Waals surface area contributed by atoms with Crippen LogP contribution in [0.15, 0.2) is 59.6 Å². The second kappa shape index (κ2) is 5.15. The second-order valence-corrected chi connectivity index (χ2v) is 3.30. The minimum atomic E-state index is -0.0306. The number of pyridine rings is 1. The highest BCUT2D eigenvalue weighted by molar-refractivity contribution is 5.57. The van der Waals surface area contributed by atoms with Crippen molar-refractivity contribution in [2.75, 3.05) is 0 Å². The van der Waals surface area contributed by atoms with Gasteiger partial charge in [-0.3, -0.25) is 9.36 Å². The van der Waals surface area contributed by atoms with E-state index in [1.807, 2.05) is 38.1 Å². The maximum Gasteiger partial charge on any atom is 0.255 e. The van der Waals surface area contributed by atoms with Crippen molar-refractivity contribution in [1.29, 1.82) is 0 Å². The van der Waals surface area contributed by atoms with Gasteiger partial charge in [0.1, 0.15) is 0 Å². The van der Waals surface area contributed by atoms with Crippen LogP contribution in [-0.2, 0) is 0 Å². The maximum atomic E-state index is 11.5.